The highest BCUT2D eigenvalue weighted by molar-refractivity contribution is 6.21. The summed E-state index contributed by atoms with van der Waals surface area (Å²) in [5.41, 5.74) is 0. The van der Waals surface area contributed by atoms with E-state index in [0.717, 1.165) is 32.3 Å². The first-order valence-corrected chi connectivity index (χ1v) is 4.65. The lowest BCUT2D eigenvalue weighted by atomic mass is 10.0. The van der Waals surface area contributed by atoms with Crippen LogP contribution in [0.5, 0.6) is 0 Å². The van der Waals surface area contributed by atoms with E-state index < -0.39 is 0 Å². The fraction of sp³-hybridized carbons (Fsp3) is 0.778. The molecule has 2 heteroatoms. The average Bonchev–Trinajstić information content (AvgIpc) is 2.03. The van der Waals surface area contributed by atoms with Crippen molar-refractivity contribution < 1.29 is 4.74 Å². The second kappa shape index (κ2) is 4.78. The Morgan fingerprint density at radius 1 is 1.64 bits per heavy atom. The van der Waals surface area contributed by atoms with Gasteiger partial charge in [0.05, 0.1) is 11.5 Å². The molecule has 1 heterocycles. The van der Waals surface area contributed by atoms with Crippen LogP contribution < -0.4 is 0 Å². The predicted octanol–water partition coefficient (Wildman–Crippen LogP) is 2.74. The molecule has 0 aliphatic carbocycles. The van der Waals surface area contributed by atoms with Crippen LogP contribution >= 0.6 is 11.6 Å². The van der Waals surface area contributed by atoms with Crippen molar-refractivity contribution in [1.29, 1.82) is 0 Å². The van der Waals surface area contributed by atoms with E-state index in [2.05, 4.69) is 6.58 Å². The van der Waals surface area contributed by atoms with Gasteiger partial charge in [-0.25, -0.2) is 0 Å². The number of alkyl halides is 1. The van der Waals surface area contributed by atoms with Crippen LogP contribution in [0.1, 0.15) is 25.7 Å². The lowest BCUT2D eigenvalue weighted by Gasteiger charge is -2.27. The fourth-order valence-electron chi connectivity index (χ4n) is 1.35. The van der Waals surface area contributed by atoms with Crippen molar-refractivity contribution >= 4 is 11.6 Å². The van der Waals surface area contributed by atoms with Gasteiger partial charge in [0.2, 0.25) is 0 Å². The van der Waals surface area contributed by atoms with Gasteiger partial charge in [-0.15, -0.1) is 18.2 Å². The van der Waals surface area contributed by atoms with Crippen LogP contribution in [0.4, 0.5) is 0 Å². The first kappa shape index (κ1) is 9.08. The van der Waals surface area contributed by atoms with Crippen LogP contribution in [0, 0.1) is 0 Å². The minimum absolute atomic E-state index is 0.226. The Balaban J connectivity index is 2.23. The molecule has 64 valence electrons. The van der Waals surface area contributed by atoms with Crippen molar-refractivity contribution in [2.24, 2.45) is 0 Å². The van der Waals surface area contributed by atoms with Gasteiger partial charge in [-0.2, -0.15) is 0 Å². The van der Waals surface area contributed by atoms with Crippen LogP contribution in [-0.4, -0.2) is 18.1 Å². The van der Waals surface area contributed by atoms with Gasteiger partial charge in [0, 0.05) is 6.61 Å². The number of halogens is 1. The minimum atomic E-state index is 0.226. The molecule has 11 heavy (non-hydrogen) atoms. The third-order valence-corrected chi connectivity index (χ3v) is 2.51. The number of allylic oxidation sites excluding steroid dienone is 1. The maximum atomic E-state index is 6.06. The summed E-state index contributed by atoms with van der Waals surface area (Å²) in [4.78, 5) is 0. The highest BCUT2D eigenvalue weighted by atomic mass is 35.5. The van der Waals surface area contributed by atoms with E-state index in [1.54, 1.807) is 0 Å². The molecule has 0 aromatic rings. The number of hydrogen-bond donors (Lipinski definition) is 0. The zero-order valence-corrected chi connectivity index (χ0v) is 7.52. The molecule has 0 amide bonds. The van der Waals surface area contributed by atoms with Crippen molar-refractivity contribution in [3.8, 4) is 0 Å². The second-order valence-corrected chi connectivity index (χ2v) is 3.49. The highest BCUT2D eigenvalue weighted by Gasteiger charge is 2.22. The standard InChI is InChI=1S/C9H15ClO/c1-2-3-6-9-8(10)5-4-7-11-9/h2,8-9H,1,3-7H2. The van der Waals surface area contributed by atoms with E-state index in [4.69, 9.17) is 16.3 Å². The monoisotopic (exact) mass is 174 g/mol. The van der Waals surface area contributed by atoms with E-state index in [1.807, 2.05) is 6.08 Å². The van der Waals surface area contributed by atoms with Gasteiger partial charge in [0.1, 0.15) is 0 Å². The maximum Gasteiger partial charge on any atom is 0.0741 e. The van der Waals surface area contributed by atoms with Crippen LogP contribution in [0.25, 0.3) is 0 Å². The molecule has 1 fully saturated rings. The van der Waals surface area contributed by atoms with Crippen LogP contribution in [-0.2, 0) is 4.74 Å². The summed E-state index contributed by atoms with van der Waals surface area (Å²) in [6.45, 7) is 4.55. The molecule has 0 aromatic heterocycles. The largest absolute Gasteiger partial charge is 0.377 e. The fourth-order valence-corrected chi connectivity index (χ4v) is 1.70. The Labute approximate surface area is 73.4 Å². The van der Waals surface area contributed by atoms with Crippen molar-refractivity contribution in [2.75, 3.05) is 6.61 Å². The normalized spacial score (nSPS) is 31.7. The molecule has 0 N–H and O–H groups in total. The summed E-state index contributed by atoms with van der Waals surface area (Å²) in [5, 5.41) is 0.226. The molecule has 0 saturated carbocycles. The summed E-state index contributed by atoms with van der Waals surface area (Å²) in [6.07, 6.45) is 6.43. The zero-order chi connectivity index (χ0) is 8.10. The molecular formula is C9H15ClO. The van der Waals surface area contributed by atoms with Crippen LogP contribution in [0.15, 0.2) is 12.7 Å². The van der Waals surface area contributed by atoms with Crippen molar-refractivity contribution in [3.63, 3.8) is 0 Å². The van der Waals surface area contributed by atoms with Crippen LogP contribution in [0.3, 0.4) is 0 Å². The average molecular weight is 175 g/mol. The number of ether oxygens (including phenoxy) is 1. The highest BCUT2D eigenvalue weighted by Crippen LogP contribution is 2.22. The van der Waals surface area contributed by atoms with Gasteiger partial charge in [-0.3, -0.25) is 0 Å². The van der Waals surface area contributed by atoms with Gasteiger partial charge in [-0.1, -0.05) is 6.08 Å². The smallest absolute Gasteiger partial charge is 0.0741 e. The van der Waals surface area contributed by atoms with Crippen molar-refractivity contribution in [1.82, 2.24) is 0 Å². The maximum absolute atomic E-state index is 6.06. The molecule has 1 saturated heterocycles. The van der Waals surface area contributed by atoms with E-state index >= 15 is 0 Å². The second-order valence-electron chi connectivity index (χ2n) is 2.93. The Kier molecular flexibility index (Phi) is 3.95. The summed E-state index contributed by atoms with van der Waals surface area (Å²) in [7, 11) is 0. The van der Waals surface area contributed by atoms with Gasteiger partial charge >= 0.3 is 0 Å². The third-order valence-electron chi connectivity index (χ3n) is 2.01. The molecule has 1 aliphatic rings. The minimum Gasteiger partial charge on any atom is -0.377 e. The Hall–Kier alpha value is -0.0100. The lowest BCUT2D eigenvalue weighted by Crippen LogP contribution is -2.29. The van der Waals surface area contributed by atoms with Crippen molar-refractivity contribution in [2.45, 2.75) is 37.2 Å². The Morgan fingerprint density at radius 2 is 2.45 bits per heavy atom. The Bertz CT molecular complexity index is 125. The van der Waals surface area contributed by atoms with Crippen LogP contribution in [0.2, 0.25) is 0 Å². The number of rotatable bonds is 3. The SMILES string of the molecule is C=CCCC1OCCCC1Cl. The molecule has 1 aliphatic heterocycles. The quantitative estimate of drug-likeness (QED) is 0.472. The summed E-state index contributed by atoms with van der Waals surface area (Å²) < 4.78 is 5.51. The molecule has 0 radical (unpaired) electrons. The van der Waals surface area contributed by atoms with Gasteiger partial charge < -0.3 is 4.74 Å². The first-order chi connectivity index (χ1) is 5.34. The molecular weight excluding hydrogens is 160 g/mol. The van der Waals surface area contributed by atoms with E-state index in [1.165, 1.54) is 0 Å². The summed E-state index contributed by atoms with van der Waals surface area (Å²) >= 11 is 6.06. The van der Waals surface area contributed by atoms with Gasteiger partial charge in [0.25, 0.3) is 0 Å². The molecule has 2 atom stereocenters. The van der Waals surface area contributed by atoms with E-state index in [9.17, 15) is 0 Å². The third kappa shape index (κ3) is 2.84. The lowest BCUT2D eigenvalue weighted by molar-refractivity contribution is 0.0152. The molecule has 2 unspecified atom stereocenters. The first-order valence-electron chi connectivity index (χ1n) is 4.21. The molecule has 0 aromatic carbocycles. The van der Waals surface area contributed by atoms with E-state index in [-0.39, 0.29) is 11.5 Å². The number of hydrogen-bond acceptors (Lipinski definition) is 1. The summed E-state index contributed by atoms with van der Waals surface area (Å²) in [6, 6.07) is 0. The zero-order valence-electron chi connectivity index (χ0n) is 6.76. The molecule has 0 bridgehead atoms. The van der Waals surface area contributed by atoms with E-state index in [0.29, 0.717) is 0 Å². The summed E-state index contributed by atoms with van der Waals surface area (Å²) in [5.74, 6) is 0. The Morgan fingerprint density at radius 3 is 3.09 bits per heavy atom. The van der Waals surface area contributed by atoms with Gasteiger partial charge in [0.15, 0.2) is 0 Å². The molecule has 1 rings (SSSR count). The molecule has 0 spiro atoms. The predicted molar refractivity (Wildman–Crippen MR) is 48.0 cm³/mol. The van der Waals surface area contributed by atoms with Gasteiger partial charge in [-0.05, 0) is 25.7 Å². The van der Waals surface area contributed by atoms with Crippen molar-refractivity contribution in [3.05, 3.63) is 12.7 Å². The topological polar surface area (TPSA) is 9.23 Å². The molecule has 1 nitrogen and oxygen atoms in total.